The van der Waals surface area contributed by atoms with Gasteiger partial charge in [-0.1, -0.05) is 28.1 Å². The molecule has 0 aliphatic carbocycles. The van der Waals surface area contributed by atoms with E-state index in [0.717, 1.165) is 17.4 Å². The van der Waals surface area contributed by atoms with Crippen LogP contribution in [-0.4, -0.2) is 6.54 Å². The Hall–Kier alpha value is -0.160. The third kappa shape index (κ3) is 4.19. The van der Waals surface area contributed by atoms with Gasteiger partial charge in [-0.2, -0.15) is 0 Å². The number of thiophene rings is 1. The molecule has 0 aliphatic heterocycles. The van der Waals surface area contributed by atoms with E-state index in [2.05, 4.69) is 80.5 Å². The molecule has 1 N–H and O–H groups in total. The van der Waals surface area contributed by atoms with Gasteiger partial charge in [0.05, 0.1) is 3.79 Å². The van der Waals surface area contributed by atoms with Crippen LogP contribution >= 0.6 is 43.2 Å². The van der Waals surface area contributed by atoms with Gasteiger partial charge < -0.3 is 5.32 Å². The Morgan fingerprint density at radius 3 is 2.72 bits per heavy atom. The largest absolute Gasteiger partial charge is 0.310 e. The lowest BCUT2D eigenvalue weighted by atomic mass is 10.1. The summed E-state index contributed by atoms with van der Waals surface area (Å²) in [6.45, 7) is 3.20. The van der Waals surface area contributed by atoms with Gasteiger partial charge in [0.15, 0.2) is 0 Å². The summed E-state index contributed by atoms with van der Waals surface area (Å²) in [6, 6.07) is 13.1. The Morgan fingerprint density at radius 2 is 2.06 bits per heavy atom. The second kappa shape index (κ2) is 6.85. The third-order valence-corrected chi connectivity index (χ3v) is 4.98. The van der Waals surface area contributed by atoms with Crippen molar-refractivity contribution in [3.63, 3.8) is 0 Å². The molecule has 0 saturated heterocycles. The number of nitrogens with one attached hydrogen (secondary N) is 1. The molecule has 0 spiro atoms. The fourth-order valence-electron chi connectivity index (χ4n) is 1.79. The van der Waals surface area contributed by atoms with Gasteiger partial charge in [-0.15, -0.1) is 11.3 Å². The average Bonchev–Trinajstić information content (AvgIpc) is 2.75. The average molecular weight is 389 g/mol. The van der Waals surface area contributed by atoms with Crippen LogP contribution in [0.2, 0.25) is 0 Å². The van der Waals surface area contributed by atoms with Crippen LogP contribution in [0.4, 0.5) is 0 Å². The summed E-state index contributed by atoms with van der Waals surface area (Å²) in [4.78, 5) is 1.41. The van der Waals surface area contributed by atoms with Gasteiger partial charge in [-0.25, -0.2) is 0 Å². The number of hydrogen-bond acceptors (Lipinski definition) is 2. The Bertz CT molecular complexity index is 510. The molecule has 1 aromatic heterocycles. The van der Waals surface area contributed by atoms with E-state index < -0.39 is 0 Å². The zero-order valence-electron chi connectivity index (χ0n) is 10.1. The molecule has 2 aromatic rings. The Kier molecular flexibility index (Phi) is 5.42. The van der Waals surface area contributed by atoms with Crippen molar-refractivity contribution in [1.29, 1.82) is 0 Å². The first-order valence-corrected chi connectivity index (χ1v) is 8.28. The topological polar surface area (TPSA) is 12.0 Å². The summed E-state index contributed by atoms with van der Waals surface area (Å²) in [5, 5.41) is 3.55. The number of halogens is 2. The van der Waals surface area contributed by atoms with E-state index in [4.69, 9.17) is 0 Å². The van der Waals surface area contributed by atoms with Crippen molar-refractivity contribution in [3.05, 3.63) is 55.1 Å². The highest BCUT2D eigenvalue weighted by atomic mass is 79.9. The molecule has 4 heteroatoms. The maximum Gasteiger partial charge on any atom is 0.0701 e. The minimum Gasteiger partial charge on any atom is -0.310 e. The SMILES string of the molecule is CC(NCCc1ccc(Br)s1)c1cccc(Br)c1. The lowest BCUT2D eigenvalue weighted by Crippen LogP contribution is -2.21. The predicted molar refractivity (Wildman–Crippen MR) is 86.3 cm³/mol. The van der Waals surface area contributed by atoms with E-state index in [1.165, 1.54) is 14.2 Å². The van der Waals surface area contributed by atoms with Crippen molar-refractivity contribution in [1.82, 2.24) is 5.32 Å². The molecule has 96 valence electrons. The molecule has 18 heavy (non-hydrogen) atoms. The number of benzene rings is 1. The van der Waals surface area contributed by atoms with Crippen LogP contribution in [0.25, 0.3) is 0 Å². The highest BCUT2D eigenvalue weighted by Gasteiger charge is 2.05. The minimum atomic E-state index is 0.380. The van der Waals surface area contributed by atoms with E-state index in [9.17, 15) is 0 Å². The van der Waals surface area contributed by atoms with Gasteiger partial charge in [0, 0.05) is 21.9 Å². The van der Waals surface area contributed by atoms with Gasteiger partial charge in [0.25, 0.3) is 0 Å². The molecular formula is C14H15Br2NS. The fraction of sp³-hybridized carbons (Fsp3) is 0.286. The van der Waals surface area contributed by atoms with Gasteiger partial charge in [-0.05, 0) is 59.1 Å². The lowest BCUT2D eigenvalue weighted by molar-refractivity contribution is 0.578. The summed E-state index contributed by atoms with van der Waals surface area (Å²) in [6.07, 6.45) is 1.08. The van der Waals surface area contributed by atoms with E-state index in [0.29, 0.717) is 6.04 Å². The van der Waals surface area contributed by atoms with E-state index in [1.807, 2.05) is 0 Å². The second-order valence-electron chi connectivity index (χ2n) is 4.19. The van der Waals surface area contributed by atoms with Gasteiger partial charge in [0.2, 0.25) is 0 Å². The van der Waals surface area contributed by atoms with Gasteiger partial charge in [-0.3, -0.25) is 0 Å². The molecule has 1 unspecified atom stereocenters. The van der Waals surface area contributed by atoms with Crippen molar-refractivity contribution in [2.75, 3.05) is 6.54 Å². The molecule has 1 nitrogen and oxygen atoms in total. The Labute approximate surface area is 129 Å². The van der Waals surface area contributed by atoms with Crippen molar-refractivity contribution >= 4 is 43.2 Å². The summed E-state index contributed by atoms with van der Waals surface area (Å²) >= 11 is 8.80. The molecule has 1 aromatic carbocycles. The molecule has 0 bridgehead atoms. The molecule has 0 aliphatic rings. The van der Waals surface area contributed by atoms with Crippen LogP contribution in [-0.2, 0) is 6.42 Å². The van der Waals surface area contributed by atoms with Crippen molar-refractivity contribution in [2.45, 2.75) is 19.4 Å². The lowest BCUT2D eigenvalue weighted by Gasteiger charge is -2.14. The first kappa shape index (κ1) is 14.3. The quantitative estimate of drug-likeness (QED) is 0.745. The van der Waals surface area contributed by atoms with E-state index >= 15 is 0 Å². The summed E-state index contributed by atoms with van der Waals surface area (Å²) in [5.41, 5.74) is 1.32. The summed E-state index contributed by atoms with van der Waals surface area (Å²) < 4.78 is 2.34. The van der Waals surface area contributed by atoms with Gasteiger partial charge >= 0.3 is 0 Å². The van der Waals surface area contributed by atoms with Crippen molar-refractivity contribution in [2.24, 2.45) is 0 Å². The zero-order chi connectivity index (χ0) is 13.0. The monoisotopic (exact) mass is 387 g/mol. The maximum atomic E-state index is 3.55. The molecule has 0 radical (unpaired) electrons. The molecule has 1 heterocycles. The number of rotatable bonds is 5. The minimum absolute atomic E-state index is 0.380. The molecule has 0 saturated carbocycles. The van der Waals surface area contributed by atoms with Crippen LogP contribution in [0, 0.1) is 0 Å². The highest BCUT2D eigenvalue weighted by molar-refractivity contribution is 9.11. The van der Waals surface area contributed by atoms with Crippen molar-refractivity contribution < 1.29 is 0 Å². The molecule has 0 amide bonds. The van der Waals surface area contributed by atoms with Crippen LogP contribution in [0.1, 0.15) is 23.4 Å². The molecule has 2 rings (SSSR count). The van der Waals surface area contributed by atoms with Crippen LogP contribution in [0.5, 0.6) is 0 Å². The maximum absolute atomic E-state index is 3.55. The summed E-state index contributed by atoms with van der Waals surface area (Å²) in [7, 11) is 0. The molecular weight excluding hydrogens is 374 g/mol. The highest BCUT2D eigenvalue weighted by Crippen LogP contribution is 2.22. The van der Waals surface area contributed by atoms with E-state index in [-0.39, 0.29) is 0 Å². The van der Waals surface area contributed by atoms with E-state index in [1.54, 1.807) is 11.3 Å². The molecule has 0 fully saturated rings. The van der Waals surface area contributed by atoms with Crippen LogP contribution in [0.3, 0.4) is 0 Å². The smallest absolute Gasteiger partial charge is 0.0701 e. The van der Waals surface area contributed by atoms with Crippen LogP contribution in [0.15, 0.2) is 44.7 Å². The first-order valence-electron chi connectivity index (χ1n) is 5.88. The Balaban J connectivity index is 1.83. The standard InChI is InChI=1S/C14H15Br2NS/c1-10(11-3-2-4-12(15)9-11)17-8-7-13-5-6-14(16)18-13/h2-6,9-10,17H,7-8H2,1H3. The fourth-order valence-corrected chi connectivity index (χ4v) is 3.69. The normalized spacial score (nSPS) is 12.6. The summed E-state index contributed by atoms with van der Waals surface area (Å²) in [5.74, 6) is 0. The predicted octanol–water partition coefficient (Wildman–Crippen LogP) is 5.17. The Morgan fingerprint density at radius 1 is 1.22 bits per heavy atom. The second-order valence-corrected chi connectivity index (χ2v) is 7.65. The van der Waals surface area contributed by atoms with Crippen molar-refractivity contribution in [3.8, 4) is 0 Å². The first-order chi connectivity index (χ1) is 8.65. The zero-order valence-corrected chi connectivity index (χ0v) is 14.1. The van der Waals surface area contributed by atoms with Crippen LogP contribution < -0.4 is 5.32 Å². The van der Waals surface area contributed by atoms with Gasteiger partial charge in [0.1, 0.15) is 0 Å². The molecule has 1 atom stereocenters. The number of hydrogen-bond donors (Lipinski definition) is 1. The third-order valence-electron chi connectivity index (χ3n) is 2.80.